The van der Waals surface area contributed by atoms with E-state index in [2.05, 4.69) is 11.1 Å². The Hall–Kier alpha value is -2.36. The molecular weight excluding hydrogens is 250 g/mol. The number of nitrogens with zero attached hydrogens (tertiary/aromatic N) is 2. The number of rotatable bonds is 2. The number of anilines is 2. The van der Waals surface area contributed by atoms with Gasteiger partial charge in [-0.25, -0.2) is 4.98 Å². The Labute approximate surface area is 118 Å². The standard InChI is InChI=1S/C16H17N3O/c1-2-13-9-12(10-15(17)18-13)16(20)19-8-7-11-5-3-4-6-14(11)19/h3-6,9-10H,2,7-8H2,1H3,(H2,17,18). The Morgan fingerprint density at radius 1 is 1.35 bits per heavy atom. The fourth-order valence-corrected chi connectivity index (χ4v) is 2.62. The first-order chi connectivity index (χ1) is 9.69. The van der Waals surface area contributed by atoms with Crippen molar-refractivity contribution in [1.29, 1.82) is 0 Å². The van der Waals surface area contributed by atoms with Crippen molar-refractivity contribution in [3.63, 3.8) is 0 Å². The monoisotopic (exact) mass is 267 g/mol. The minimum atomic E-state index is -0.00116. The Kier molecular flexibility index (Phi) is 3.14. The molecule has 3 rings (SSSR count). The van der Waals surface area contributed by atoms with Gasteiger partial charge in [-0.2, -0.15) is 0 Å². The lowest BCUT2D eigenvalue weighted by Crippen LogP contribution is -2.29. The van der Waals surface area contributed by atoms with E-state index in [1.165, 1.54) is 5.56 Å². The number of benzene rings is 1. The van der Waals surface area contributed by atoms with E-state index < -0.39 is 0 Å². The maximum atomic E-state index is 12.7. The van der Waals surface area contributed by atoms with Crippen molar-refractivity contribution < 1.29 is 4.79 Å². The van der Waals surface area contributed by atoms with E-state index in [9.17, 15) is 4.79 Å². The van der Waals surface area contributed by atoms with Crippen molar-refractivity contribution in [1.82, 2.24) is 4.98 Å². The molecule has 0 unspecified atom stereocenters. The summed E-state index contributed by atoms with van der Waals surface area (Å²) >= 11 is 0. The second kappa shape index (κ2) is 4.96. The third kappa shape index (κ3) is 2.13. The first-order valence-electron chi connectivity index (χ1n) is 6.85. The molecule has 0 saturated heterocycles. The Morgan fingerprint density at radius 3 is 2.95 bits per heavy atom. The van der Waals surface area contributed by atoms with Crippen LogP contribution in [0.25, 0.3) is 0 Å². The highest BCUT2D eigenvalue weighted by Gasteiger charge is 2.25. The Bertz CT molecular complexity index is 667. The normalized spacial score (nSPS) is 13.3. The van der Waals surface area contributed by atoms with Crippen molar-refractivity contribution in [2.75, 3.05) is 17.2 Å². The van der Waals surface area contributed by atoms with Gasteiger partial charge in [-0.05, 0) is 36.6 Å². The van der Waals surface area contributed by atoms with E-state index in [-0.39, 0.29) is 5.91 Å². The van der Waals surface area contributed by atoms with Gasteiger partial charge in [0.05, 0.1) is 0 Å². The van der Waals surface area contributed by atoms with Crippen LogP contribution in [0.3, 0.4) is 0 Å². The predicted octanol–water partition coefficient (Wildman–Crippen LogP) is 2.43. The number of carbonyl (C=O) groups excluding carboxylic acids is 1. The maximum Gasteiger partial charge on any atom is 0.258 e. The van der Waals surface area contributed by atoms with E-state index in [0.29, 0.717) is 11.4 Å². The van der Waals surface area contributed by atoms with Crippen LogP contribution in [0.5, 0.6) is 0 Å². The van der Waals surface area contributed by atoms with Gasteiger partial charge in [-0.3, -0.25) is 4.79 Å². The summed E-state index contributed by atoms with van der Waals surface area (Å²) in [4.78, 5) is 18.7. The number of nitrogens with two attached hydrogens (primary N) is 1. The maximum absolute atomic E-state index is 12.7. The molecule has 0 aliphatic carbocycles. The molecule has 0 spiro atoms. The molecule has 2 N–H and O–H groups in total. The van der Waals surface area contributed by atoms with Crippen LogP contribution in [0.15, 0.2) is 36.4 Å². The van der Waals surface area contributed by atoms with E-state index in [1.807, 2.05) is 36.1 Å². The zero-order chi connectivity index (χ0) is 14.1. The van der Waals surface area contributed by atoms with Crippen molar-refractivity contribution in [2.24, 2.45) is 0 Å². The van der Waals surface area contributed by atoms with Gasteiger partial charge in [-0.15, -0.1) is 0 Å². The number of hydrogen-bond donors (Lipinski definition) is 1. The quantitative estimate of drug-likeness (QED) is 0.909. The average Bonchev–Trinajstić information content (AvgIpc) is 2.89. The smallest absolute Gasteiger partial charge is 0.258 e. The van der Waals surface area contributed by atoms with Crippen LogP contribution in [0.2, 0.25) is 0 Å². The summed E-state index contributed by atoms with van der Waals surface area (Å²) in [5.41, 5.74) is 9.48. The van der Waals surface area contributed by atoms with Gasteiger partial charge in [0, 0.05) is 23.5 Å². The van der Waals surface area contributed by atoms with Crippen molar-refractivity contribution in [3.05, 3.63) is 53.2 Å². The molecule has 0 atom stereocenters. The molecule has 20 heavy (non-hydrogen) atoms. The van der Waals surface area contributed by atoms with Crippen LogP contribution in [-0.4, -0.2) is 17.4 Å². The van der Waals surface area contributed by atoms with Crippen LogP contribution < -0.4 is 10.6 Å². The zero-order valence-electron chi connectivity index (χ0n) is 11.5. The van der Waals surface area contributed by atoms with Crippen LogP contribution in [-0.2, 0) is 12.8 Å². The molecule has 4 heteroatoms. The predicted molar refractivity (Wildman–Crippen MR) is 79.8 cm³/mol. The fraction of sp³-hybridized carbons (Fsp3) is 0.250. The average molecular weight is 267 g/mol. The van der Waals surface area contributed by atoms with Crippen molar-refractivity contribution in [3.8, 4) is 0 Å². The molecular formula is C16H17N3O. The number of amides is 1. The number of pyridine rings is 1. The molecule has 1 aromatic heterocycles. The lowest BCUT2D eigenvalue weighted by atomic mass is 10.1. The van der Waals surface area contributed by atoms with Gasteiger partial charge in [-0.1, -0.05) is 25.1 Å². The summed E-state index contributed by atoms with van der Waals surface area (Å²) in [6.45, 7) is 2.73. The number of fused-ring (bicyclic) bond motifs is 1. The van der Waals surface area contributed by atoms with Crippen LogP contribution in [0.4, 0.5) is 11.5 Å². The summed E-state index contributed by atoms with van der Waals surface area (Å²) in [5.74, 6) is 0.402. The fourth-order valence-electron chi connectivity index (χ4n) is 2.62. The van der Waals surface area contributed by atoms with E-state index >= 15 is 0 Å². The number of hydrogen-bond acceptors (Lipinski definition) is 3. The van der Waals surface area contributed by atoms with Gasteiger partial charge < -0.3 is 10.6 Å². The van der Waals surface area contributed by atoms with Crippen LogP contribution in [0.1, 0.15) is 28.5 Å². The minimum absolute atomic E-state index is 0.00116. The minimum Gasteiger partial charge on any atom is -0.384 e. The Balaban J connectivity index is 1.96. The number of para-hydroxylation sites is 1. The van der Waals surface area contributed by atoms with Gasteiger partial charge in [0.25, 0.3) is 5.91 Å². The highest BCUT2D eigenvalue weighted by molar-refractivity contribution is 6.07. The molecule has 1 aromatic carbocycles. The molecule has 1 aliphatic rings. The van der Waals surface area contributed by atoms with Crippen LogP contribution in [0, 0.1) is 0 Å². The van der Waals surface area contributed by atoms with Crippen LogP contribution >= 0.6 is 0 Å². The summed E-state index contributed by atoms with van der Waals surface area (Å²) in [6.07, 6.45) is 1.67. The lowest BCUT2D eigenvalue weighted by Gasteiger charge is -2.17. The van der Waals surface area contributed by atoms with Crippen molar-refractivity contribution in [2.45, 2.75) is 19.8 Å². The molecule has 2 heterocycles. The highest BCUT2D eigenvalue weighted by Crippen LogP contribution is 2.29. The summed E-state index contributed by atoms with van der Waals surface area (Å²) < 4.78 is 0. The second-order valence-corrected chi connectivity index (χ2v) is 4.96. The number of aryl methyl sites for hydroxylation is 1. The van der Waals surface area contributed by atoms with Gasteiger partial charge in [0.1, 0.15) is 5.82 Å². The summed E-state index contributed by atoms with van der Waals surface area (Å²) in [6, 6.07) is 11.5. The second-order valence-electron chi connectivity index (χ2n) is 4.96. The number of nitrogen functional groups attached to an aromatic ring is 1. The molecule has 2 aromatic rings. The molecule has 0 saturated carbocycles. The zero-order valence-corrected chi connectivity index (χ0v) is 11.5. The number of aromatic nitrogens is 1. The number of carbonyl (C=O) groups is 1. The lowest BCUT2D eigenvalue weighted by molar-refractivity contribution is 0.0989. The van der Waals surface area contributed by atoms with Gasteiger partial charge >= 0.3 is 0 Å². The first kappa shape index (κ1) is 12.7. The molecule has 0 radical (unpaired) electrons. The molecule has 0 bridgehead atoms. The summed E-state index contributed by atoms with van der Waals surface area (Å²) in [5, 5.41) is 0. The van der Waals surface area contributed by atoms with E-state index in [1.54, 1.807) is 6.07 Å². The van der Waals surface area contributed by atoms with E-state index in [4.69, 9.17) is 5.73 Å². The molecule has 102 valence electrons. The third-order valence-corrected chi connectivity index (χ3v) is 3.64. The molecule has 1 aliphatic heterocycles. The van der Waals surface area contributed by atoms with Gasteiger partial charge in [0.15, 0.2) is 0 Å². The van der Waals surface area contributed by atoms with E-state index in [0.717, 1.165) is 30.8 Å². The highest BCUT2D eigenvalue weighted by atomic mass is 16.2. The largest absolute Gasteiger partial charge is 0.384 e. The topological polar surface area (TPSA) is 59.2 Å². The Morgan fingerprint density at radius 2 is 2.15 bits per heavy atom. The molecule has 1 amide bonds. The molecule has 4 nitrogen and oxygen atoms in total. The summed E-state index contributed by atoms with van der Waals surface area (Å²) in [7, 11) is 0. The SMILES string of the molecule is CCc1cc(C(=O)N2CCc3ccccc32)cc(N)n1. The molecule has 0 fully saturated rings. The first-order valence-corrected chi connectivity index (χ1v) is 6.85. The third-order valence-electron chi connectivity index (χ3n) is 3.64. The van der Waals surface area contributed by atoms with Gasteiger partial charge in [0.2, 0.25) is 0 Å². The van der Waals surface area contributed by atoms with Crippen molar-refractivity contribution >= 4 is 17.4 Å².